The molecule has 3 nitrogen and oxygen atoms in total. The molecule has 2 N–H and O–H groups in total. The summed E-state index contributed by atoms with van der Waals surface area (Å²) in [4.78, 5) is 12.8. The summed E-state index contributed by atoms with van der Waals surface area (Å²) < 4.78 is 1.88. The lowest BCUT2D eigenvalue weighted by Crippen LogP contribution is -2.28. The number of nitrogens with zero attached hydrogens (tertiary/aromatic N) is 1. The van der Waals surface area contributed by atoms with E-state index >= 15 is 0 Å². The second-order valence-corrected chi connectivity index (χ2v) is 6.47. The van der Waals surface area contributed by atoms with E-state index in [0.717, 1.165) is 24.2 Å². The second-order valence-electron chi connectivity index (χ2n) is 6.47. The molecule has 1 aromatic carbocycles. The van der Waals surface area contributed by atoms with Crippen LogP contribution in [0.15, 0.2) is 41.2 Å². The van der Waals surface area contributed by atoms with Gasteiger partial charge in [0.2, 0.25) is 0 Å². The Hall–Kier alpha value is -1.87. The van der Waals surface area contributed by atoms with E-state index in [2.05, 4.69) is 45.0 Å². The van der Waals surface area contributed by atoms with E-state index in [4.69, 9.17) is 5.73 Å². The van der Waals surface area contributed by atoms with Crippen molar-refractivity contribution in [2.24, 2.45) is 11.7 Å². The van der Waals surface area contributed by atoms with Gasteiger partial charge in [-0.05, 0) is 43.9 Å². The number of pyridine rings is 1. The minimum absolute atomic E-state index is 0.0359. The summed E-state index contributed by atoms with van der Waals surface area (Å²) in [6, 6.07) is 11.9. The number of aromatic nitrogens is 1. The highest BCUT2D eigenvalue weighted by molar-refractivity contribution is 5.60. The van der Waals surface area contributed by atoms with Gasteiger partial charge in [-0.3, -0.25) is 4.79 Å². The molecular weight excluding hydrogens is 272 g/mol. The molecular formula is C19H26N2O. The SMILES string of the molecule is Cc1ccc(-c2ccc(C(C)N)c(=O)n2CCC(C)C)cc1. The standard InChI is InChI=1S/C19H26N2O/c1-13(2)11-12-21-18(16-7-5-14(3)6-8-16)10-9-17(15(4)20)19(21)22/h5-10,13,15H,11-12,20H2,1-4H3. The largest absolute Gasteiger partial charge is 0.324 e. The summed E-state index contributed by atoms with van der Waals surface area (Å²) in [5, 5.41) is 0. The molecule has 0 aliphatic carbocycles. The maximum Gasteiger partial charge on any atom is 0.255 e. The topological polar surface area (TPSA) is 48.0 Å². The third kappa shape index (κ3) is 3.66. The van der Waals surface area contributed by atoms with Crippen molar-refractivity contribution in [2.45, 2.75) is 46.7 Å². The third-order valence-corrected chi connectivity index (χ3v) is 3.97. The average Bonchev–Trinajstić information content (AvgIpc) is 2.46. The number of benzene rings is 1. The predicted octanol–water partition coefficient (Wildman–Crippen LogP) is 3.89. The van der Waals surface area contributed by atoms with E-state index in [0.29, 0.717) is 11.5 Å². The van der Waals surface area contributed by atoms with Crippen LogP contribution in [-0.2, 0) is 6.54 Å². The van der Waals surface area contributed by atoms with E-state index < -0.39 is 0 Å². The van der Waals surface area contributed by atoms with E-state index in [1.165, 1.54) is 5.56 Å². The Morgan fingerprint density at radius 1 is 1.05 bits per heavy atom. The molecule has 1 aromatic heterocycles. The Bertz CT molecular complexity index is 682. The summed E-state index contributed by atoms with van der Waals surface area (Å²) in [7, 11) is 0. The minimum atomic E-state index is -0.245. The van der Waals surface area contributed by atoms with Crippen molar-refractivity contribution in [2.75, 3.05) is 0 Å². The highest BCUT2D eigenvalue weighted by atomic mass is 16.1. The van der Waals surface area contributed by atoms with Gasteiger partial charge in [0.1, 0.15) is 0 Å². The molecule has 2 aromatic rings. The van der Waals surface area contributed by atoms with E-state index in [9.17, 15) is 4.79 Å². The molecule has 0 aliphatic heterocycles. The van der Waals surface area contributed by atoms with Crippen LogP contribution in [0.5, 0.6) is 0 Å². The van der Waals surface area contributed by atoms with E-state index in [-0.39, 0.29) is 11.6 Å². The van der Waals surface area contributed by atoms with Crippen LogP contribution in [0.3, 0.4) is 0 Å². The number of aryl methyl sites for hydroxylation is 1. The van der Waals surface area contributed by atoms with Gasteiger partial charge >= 0.3 is 0 Å². The Morgan fingerprint density at radius 2 is 1.68 bits per heavy atom. The van der Waals surface area contributed by atoms with Crippen LogP contribution in [0, 0.1) is 12.8 Å². The molecule has 1 heterocycles. The van der Waals surface area contributed by atoms with Crippen molar-refractivity contribution < 1.29 is 0 Å². The molecule has 0 spiro atoms. The summed E-state index contributed by atoms with van der Waals surface area (Å²) >= 11 is 0. The Morgan fingerprint density at radius 3 is 2.23 bits per heavy atom. The zero-order valence-electron chi connectivity index (χ0n) is 14.0. The van der Waals surface area contributed by atoms with Gasteiger partial charge in [-0.25, -0.2) is 0 Å². The lowest BCUT2D eigenvalue weighted by atomic mass is 10.0. The maximum atomic E-state index is 12.8. The zero-order valence-corrected chi connectivity index (χ0v) is 14.0. The van der Waals surface area contributed by atoms with Crippen LogP contribution >= 0.6 is 0 Å². The summed E-state index contributed by atoms with van der Waals surface area (Å²) in [5.74, 6) is 0.553. The molecule has 0 amide bonds. The van der Waals surface area contributed by atoms with E-state index in [1.807, 2.05) is 23.6 Å². The first-order chi connectivity index (χ1) is 10.4. The van der Waals surface area contributed by atoms with Crippen LogP contribution < -0.4 is 11.3 Å². The Balaban J connectivity index is 2.54. The van der Waals surface area contributed by atoms with Gasteiger partial charge in [0.15, 0.2) is 0 Å². The van der Waals surface area contributed by atoms with Crippen molar-refractivity contribution in [3.05, 3.63) is 57.9 Å². The quantitative estimate of drug-likeness (QED) is 0.910. The van der Waals surface area contributed by atoms with Gasteiger partial charge in [-0.2, -0.15) is 0 Å². The lowest BCUT2D eigenvalue weighted by molar-refractivity contribution is 0.508. The van der Waals surface area contributed by atoms with Crippen LogP contribution in [0.4, 0.5) is 0 Å². The fourth-order valence-electron chi connectivity index (χ4n) is 2.53. The highest BCUT2D eigenvalue weighted by Gasteiger charge is 2.13. The molecule has 0 bridgehead atoms. The molecule has 3 heteroatoms. The molecule has 0 aliphatic rings. The number of hydrogen-bond donors (Lipinski definition) is 1. The van der Waals surface area contributed by atoms with Crippen LogP contribution in [0.25, 0.3) is 11.3 Å². The Labute approximate surface area is 132 Å². The van der Waals surface area contributed by atoms with Crippen molar-refractivity contribution in [3.63, 3.8) is 0 Å². The summed E-state index contributed by atoms with van der Waals surface area (Å²) in [6.07, 6.45) is 0.973. The lowest BCUT2D eigenvalue weighted by Gasteiger charge is -2.17. The third-order valence-electron chi connectivity index (χ3n) is 3.97. The monoisotopic (exact) mass is 298 g/mol. The van der Waals surface area contributed by atoms with Gasteiger partial charge in [0.05, 0.1) is 5.69 Å². The van der Waals surface area contributed by atoms with Crippen LogP contribution in [0.2, 0.25) is 0 Å². The van der Waals surface area contributed by atoms with Gasteiger partial charge in [-0.1, -0.05) is 43.7 Å². The molecule has 0 fully saturated rings. The fourth-order valence-corrected chi connectivity index (χ4v) is 2.53. The first-order valence-electron chi connectivity index (χ1n) is 7.96. The van der Waals surface area contributed by atoms with Gasteiger partial charge in [-0.15, -0.1) is 0 Å². The molecule has 2 rings (SSSR count). The molecule has 118 valence electrons. The minimum Gasteiger partial charge on any atom is -0.324 e. The number of nitrogens with two attached hydrogens (primary N) is 1. The van der Waals surface area contributed by atoms with Crippen molar-refractivity contribution in [1.82, 2.24) is 4.57 Å². The first-order valence-corrected chi connectivity index (χ1v) is 7.96. The number of hydrogen-bond acceptors (Lipinski definition) is 2. The molecule has 22 heavy (non-hydrogen) atoms. The molecule has 1 atom stereocenters. The normalized spacial score (nSPS) is 12.6. The van der Waals surface area contributed by atoms with Crippen molar-refractivity contribution >= 4 is 0 Å². The zero-order chi connectivity index (χ0) is 16.3. The maximum absolute atomic E-state index is 12.8. The average molecular weight is 298 g/mol. The first kappa shape index (κ1) is 16.5. The summed E-state index contributed by atoms with van der Waals surface area (Å²) in [5.41, 5.74) is 9.91. The fraction of sp³-hybridized carbons (Fsp3) is 0.421. The van der Waals surface area contributed by atoms with E-state index in [1.54, 1.807) is 0 Å². The number of rotatable bonds is 5. The molecule has 1 unspecified atom stereocenters. The van der Waals surface area contributed by atoms with Gasteiger partial charge in [0.25, 0.3) is 5.56 Å². The molecule has 0 saturated heterocycles. The van der Waals surface area contributed by atoms with Gasteiger partial charge < -0.3 is 10.3 Å². The van der Waals surface area contributed by atoms with Crippen LogP contribution in [0.1, 0.15) is 44.4 Å². The Kier molecular flexibility index (Phi) is 5.19. The smallest absolute Gasteiger partial charge is 0.255 e. The van der Waals surface area contributed by atoms with Crippen molar-refractivity contribution in [3.8, 4) is 11.3 Å². The highest BCUT2D eigenvalue weighted by Crippen LogP contribution is 2.21. The van der Waals surface area contributed by atoms with Crippen LogP contribution in [-0.4, -0.2) is 4.57 Å². The second kappa shape index (κ2) is 6.93. The predicted molar refractivity (Wildman–Crippen MR) is 92.9 cm³/mol. The summed E-state index contributed by atoms with van der Waals surface area (Å²) in [6.45, 7) is 8.99. The van der Waals surface area contributed by atoms with Gasteiger partial charge in [0, 0.05) is 18.2 Å². The molecule has 0 saturated carbocycles. The molecule has 0 radical (unpaired) electrons. The van der Waals surface area contributed by atoms with Crippen molar-refractivity contribution in [1.29, 1.82) is 0 Å².